The molecule has 684 valence electrons. The van der Waals surface area contributed by atoms with Gasteiger partial charge >= 0.3 is 0 Å². The molecule has 12 heterocycles. The number of amides is 1. The smallest absolute Gasteiger partial charge is 0.233 e. The summed E-state index contributed by atoms with van der Waals surface area (Å²) in [5.41, 5.74) is 6.96. The minimum atomic E-state index is -0.368. The van der Waals surface area contributed by atoms with Crippen LogP contribution in [-0.4, -0.2) is 174 Å². The number of nitrogens with two attached hydrogens (primary N) is 1. The zero-order valence-corrected chi connectivity index (χ0v) is 76.4. The van der Waals surface area contributed by atoms with Crippen LogP contribution in [0.25, 0.3) is 0 Å². The SMILES string of the molecule is C.C.CCCN.CCCN(C(=O)C(C)(C)C)c1ccccn1.CCCNc1cccc(NCCOC)n1.CCCNc1ccccn1.CCCNc1ccccn1.CCNc1ccccn1.CCc1ccccn1.CNc1cccc(NC)n1.CNc1ccccn1.COCCCc1ccccn1.c1ccc(N2CCCCC2)nc1.c1ccc(NC2CC2)nc1. The van der Waals surface area contributed by atoms with Gasteiger partial charge in [-0.25, -0.2) is 44.9 Å². The van der Waals surface area contributed by atoms with E-state index in [0.29, 0.717) is 19.2 Å². The van der Waals surface area contributed by atoms with Gasteiger partial charge in [-0.3, -0.25) is 19.7 Å². The van der Waals surface area contributed by atoms with Crippen molar-refractivity contribution in [1.82, 2.24) is 54.8 Å². The fraction of sp³-hybridized carbons (Fsp3) is 0.434. The van der Waals surface area contributed by atoms with Crippen LogP contribution in [-0.2, 0) is 27.1 Å². The maximum Gasteiger partial charge on any atom is 0.233 e. The predicted octanol–water partition coefficient (Wildman–Crippen LogP) is 21.1. The number of methoxy groups -OCH3 is 2. The monoisotopic (exact) mass is 1710 g/mol. The highest BCUT2D eigenvalue weighted by Crippen LogP contribution is 2.24. The van der Waals surface area contributed by atoms with E-state index >= 15 is 0 Å². The molecule has 26 heteroatoms. The lowest BCUT2D eigenvalue weighted by Gasteiger charge is -2.28. The molecule has 1 aliphatic heterocycles. The Kier molecular flexibility index (Phi) is 70.5. The minimum Gasteiger partial charge on any atom is -0.385 e. The number of ether oxygens (including phenoxy) is 2. The largest absolute Gasteiger partial charge is 0.385 e. The summed E-state index contributed by atoms with van der Waals surface area (Å²) in [6.45, 7) is 30.5. The third-order valence-corrected chi connectivity index (χ3v) is 16.6. The Balaban J connectivity index is 0.00000135. The number of aromatic nitrogens is 11. The molecule has 0 unspecified atom stereocenters. The summed E-state index contributed by atoms with van der Waals surface area (Å²) in [6.07, 6.45) is 31.2. The predicted molar refractivity (Wildman–Crippen MR) is 533 cm³/mol. The molecule has 2 aliphatic rings. The normalized spacial score (nSPS) is 10.8. The van der Waals surface area contributed by atoms with Gasteiger partial charge in [-0.05, 0) is 230 Å². The highest BCUT2D eigenvalue weighted by Gasteiger charge is 2.28. The Morgan fingerprint density at radius 3 is 1.15 bits per heavy atom. The summed E-state index contributed by atoms with van der Waals surface area (Å²) in [5.74, 6) is 10.3. The number of nitrogens with one attached hydrogen (secondary N) is 9. The van der Waals surface area contributed by atoms with Gasteiger partial charge in [0.2, 0.25) is 5.91 Å². The van der Waals surface area contributed by atoms with E-state index in [2.05, 4.69) is 168 Å². The average Bonchev–Trinajstić information content (AvgIpc) is 1.83. The number of hydrogen-bond acceptors (Lipinski definition) is 25. The number of carbonyl (C=O) groups excluding carboxylic acids is 1. The summed E-state index contributed by atoms with van der Waals surface area (Å²) in [4.78, 5) is 62.2. The van der Waals surface area contributed by atoms with E-state index in [0.717, 1.165) is 173 Å². The zero-order valence-electron chi connectivity index (χ0n) is 76.4. The van der Waals surface area contributed by atoms with Gasteiger partial charge in [0.15, 0.2) is 0 Å². The molecular formula is C99H155N23O3. The van der Waals surface area contributed by atoms with Crippen LogP contribution in [0.4, 0.5) is 64.0 Å². The molecule has 11 N–H and O–H groups in total. The van der Waals surface area contributed by atoms with Crippen LogP contribution < -0.4 is 63.4 Å². The van der Waals surface area contributed by atoms with Crippen LogP contribution in [0, 0.1) is 5.41 Å². The zero-order chi connectivity index (χ0) is 89.5. The quantitative estimate of drug-likeness (QED) is 0.0187. The molecule has 0 radical (unpaired) electrons. The molecule has 11 aromatic heterocycles. The van der Waals surface area contributed by atoms with Gasteiger partial charge in [-0.15, -0.1) is 0 Å². The van der Waals surface area contributed by atoms with E-state index in [1.54, 1.807) is 50.1 Å². The van der Waals surface area contributed by atoms with Crippen LogP contribution in [0.5, 0.6) is 0 Å². The second-order valence-corrected chi connectivity index (χ2v) is 28.3. The van der Waals surface area contributed by atoms with Crippen molar-refractivity contribution in [2.75, 3.05) is 165 Å². The minimum absolute atomic E-state index is 0. The Bertz CT molecular complexity index is 4020. The first-order valence-corrected chi connectivity index (χ1v) is 43.5. The second-order valence-electron chi connectivity index (χ2n) is 28.3. The van der Waals surface area contributed by atoms with Crippen molar-refractivity contribution in [2.24, 2.45) is 11.1 Å². The number of carbonyl (C=O) groups is 1. The van der Waals surface area contributed by atoms with Gasteiger partial charge < -0.3 is 68.0 Å². The first-order valence-electron chi connectivity index (χ1n) is 43.5. The van der Waals surface area contributed by atoms with Crippen LogP contribution in [0.3, 0.4) is 0 Å². The molecule has 0 atom stereocenters. The van der Waals surface area contributed by atoms with E-state index in [1.165, 1.54) is 45.2 Å². The van der Waals surface area contributed by atoms with E-state index in [4.69, 9.17) is 15.2 Å². The van der Waals surface area contributed by atoms with Crippen molar-refractivity contribution in [1.29, 1.82) is 0 Å². The molecule has 2 fully saturated rings. The van der Waals surface area contributed by atoms with E-state index in [-0.39, 0.29) is 26.2 Å². The van der Waals surface area contributed by atoms with Gasteiger partial charge in [0, 0.05) is 173 Å². The molecule has 1 aliphatic carbocycles. The van der Waals surface area contributed by atoms with Gasteiger partial charge in [0.1, 0.15) is 64.0 Å². The lowest BCUT2D eigenvalue weighted by Crippen LogP contribution is -2.40. The summed E-state index contributed by atoms with van der Waals surface area (Å²) in [5, 5.41) is 28.0. The fourth-order valence-electron chi connectivity index (χ4n) is 10.0. The highest BCUT2D eigenvalue weighted by molar-refractivity contribution is 5.96. The number of rotatable bonds is 30. The Morgan fingerprint density at radius 1 is 0.416 bits per heavy atom. The van der Waals surface area contributed by atoms with Crippen LogP contribution in [0.15, 0.2) is 256 Å². The van der Waals surface area contributed by atoms with Crippen molar-refractivity contribution in [2.45, 2.75) is 174 Å². The van der Waals surface area contributed by atoms with Gasteiger partial charge in [-0.2, -0.15) is 0 Å². The third kappa shape index (κ3) is 60.2. The molecule has 0 aromatic carbocycles. The van der Waals surface area contributed by atoms with E-state index in [9.17, 15) is 4.79 Å². The maximum absolute atomic E-state index is 12.2. The number of anilines is 11. The van der Waals surface area contributed by atoms with Crippen molar-refractivity contribution in [3.05, 3.63) is 267 Å². The van der Waals surface area contributed by atoms with Crippen molar-refractivity contribution >= 4 is 69.9 Å². The number of hydrogen-bond donors (Lipinski definition) is 10. The molecule has 125 heavy (non-hydrogen) atoms. The highest BCUT2D eigenvalue weighted by atomic mass is 16.5. The topological polar surface area (TPSA) is 318 Å². The number of nitrogens with zero attached hydrogens (tertiary/aromatic N) is 13. The molecule has 1 saturated heterocycles. The van der Waals surface area contributed by atoms with Crippen LogP contribution >= 0.6 is 0 Å². The third-order valence-electron chi connectivity index (χ3n) is 16.6. The summed E-state index contributed by atoms with van der Waals surface area (Å²) in [6, 6.07) is 65.3. The van der Waals surface area contributed by atoms with E-state index < -0.39 is 0 Å². The van der Waals surface area contributed by atoms with Crippen molar-refractivity contribution in [3.63, 3.8) is 0 Å². The fourth-order valence-corrected chi connectivity index (χ4v) is 10.0. The second kappa shape index (κ2) is 78.0. The van der Waals surface area contributed by atoms with E-state index in [1.807, 2.05) is 255 Å². The Morgan fingerprint density at radius 2 is 0.800 bits per heavy atom. The molecule has 0 spiro atoms. The first kappa shape index (κ1) is 113. The molecule has 13 rings (SSSR count). The van der Waals surface area contributed by atoms with Crippen LogP contribution in [0.2, 0.25) is 0 Å². The average molecular weight is 1720 g/mol. The number of aryl methyl sites for hydroxylation is 2. The number of piperidine rings is 1. The molecule has 1 amide bonds. The Hall–Kier alpha value is -12.0. The van der Waals surface area contributed by atoms with Crippen molar-refractivity contribution in [3.8, 4) is 0 Å². The molecule has 1 saturated carbocycles. The molecule has 26 nitrogen and oxygen atoms in total. The summed E-state index contributed by atoms with van der Waals surface area (Å²) >= 11 is 0. The van der Waals surface area contributed by atoms with Crippen LogP contribution in [0.1, 0.15) is 166 Å². The Labute approximate surface area is 752 Å². The molecule has 11 aromatic rings. The van der Waals surface area contributed by atoms with Gasteiger partial charge in [0.05, 0.1) is 6.61 Å². The van der Waals surface area contributed by atoms with Gasteiger partial charge in [0.25, 0.3) is 0 Å². The number of pyridine rings is 11. The van der Waals surface area contributed by atoms with Gasteiger partial charge in [-0.1, -0.05) is 144 Å². The summed E-state index contributed by atoms with van der Waals surface area (Å²) in [7, 11) is 8.96. The standard InChI is InChI=1S/C13H20N2O.C11H19N3O.C10H14N2.C9H13NO.C8H10N2.2C8H12N2.C7H11N3.C7H10N2.C7H9N.C6H8N2.C3H9N.2CH4/c1-5-10-15(12(16)13(2,3)4)11-8-6-7-9-14-11;1-3-7-12-10-5-4-6-11(14-10)13-8-9-15-2;1-4-8-12(9-5-1)10-6-2-3-7-11-10;1-11-8-4-6-9-5-2-3-7-10-9;1-2-6-9-8(3-1)10-7-4-5-7;2*1-2-6-9-8-5-3-4-7-10-8;1-8-6-4-3-5-7(9-2)10-6;1-2-8-7-5-3-4-6-9-7;1-2-7-5-3-4-6-8-7;1-7-6-4-2-3-5-8-6;1-2-3-4;;/h6-9H,5,10H2,1-4H3;4-6H,3,7-9H2,1-2H3,(H2,12,13,14);2-3,6-7H,1,4-5,8-9H2;2-3,5,7H,4,6,8H2,1H3;1-3,6-7H,4-5H2,(H,9,10);2*3-5,7H,2,6H2,1H3,(H,9,10);3-5H,1-2H3,(H2,8,9,10);3-6H,2H2,1H3,(H,8,9);3-6H,2H2,1H3;2-5H,1H3,(H,7,8);2-4H2,1H3;2*1H4. The first-order chi connectivity index (χ1) is 60.1. The van der Waals surface area contributed by atoms with Crippen molar-refractivity contribution < 1.29 is 14.3 Å². The summed E-state index contributed by atoms with van der Waals surface area (Å²) < 4.78 is 9.89. The lowest BCUT2D eigenvalue weighted by atomic mass is 9.94. The lowest BCUT2D eigenvalue weighted by molar-refractivity contribution is -0.125. The molecular weight excluding hydrogens is 1560 g/mol. The maximum atomic E-state index is 12.2. The molecule has 0 bridgehead atoms.